The van der Waals surface area contributed by atoms with Crippen LogP contribution in [0.3, 0.4) is 0 Å². The summed E-state index contributed by atoms with van der Waals surface area (Å²) in [7, 11) is 0. The first-order valence-corrected chi connectivity index (χ1v) is 11.8. The van der Waals surface area contributed by atoms with E-state index in [1.165, 1.54) is 35.0 Å². The minimum atomic E-state index is 0.0446. The Morgan fingerprint density at radius 2 is 2.11 bits per heavy atom. The van der Waals surface area contributed by atoms with Crippen molar-refractivity contribution in [2.45, 2.75) is 76.5 Å². The number of carbonyl (C=O) groups is 1. The SMILES string of the molecule is CCn1c(SCC(=O)NC2CCCC2)nc2sc3c(c2c1=O)CC[C@H](C)C3. The number of nitrogens with zero attached hydrogens (tertiary/aromatic N) is 2. The number of nitrogens with one attached hydrogen (secondary N) is 1. The molecule has 1 saturated carbocycles. The van der Waals surface area contributed by atoms with Gasteiger partial charge in [-0.05, 0) is 50.5 Å². The molecule has 0 radical (unpaired) electrons. The molecular formula is C20H27N3O2S2. The van der Waals surface area contributed by atoms with Gasteiger partial charge in [0.05, 0.1) is 11.1 Å². The van der Waals surface area contributed by atoms with E-state index in [4.69, 9.17) is 4.98 Å². The first kappa shape index (κ1) is 19.0. The summed E-state index contributed by atoms with van der Waals surface area (Å²) in [6, 6.07) is 0.327. The van der Waals surface area contributed by atoms with Crippen molar-refractivity contribution in [3.8, 4) is 0 Å². The Balaban J connectivity index is 1.59. The molecule has 7 heteroatoms. The molecule has 0 aromatic carbocycles. The van der Waals surface area contributed by atoms with Crippen molar-refractivity contribution in [2.75, 3.05) is 5.75 Å². The van der Waals surface area contributed by atoms with Crippen molar-refractivity contribution >= 4 is 39.2 Å². The van der Waals surface area contributed by atoms with Crippen LogP contribution in [-0.4, -0.2) is 27.3 Å². The fraction of sp³-hybridized carbons (Fsp3) is 0.650. The number of thiophene rings is 1. The summed E-state index contributed by atoms with van der Waals surface area (Å²) < 4.78 is 1.74. The predicted octanol–water partition coefficient (Wildman–Crippen LogP) is 3.75. The molecule has 0 spiro atoms. The molecule has 0 saturated heterocycles. The molecule has 27 heavy (non-hydrogen) atoms. The van der Waals surface area contributed by atoms with Crippen molar-refractivity contribution in [1.29, 1.82) is 0 Å². The second kappa shape index (κ2) is 7.95. The smallest absolute Gasteiger partial charge is 0.263 e. The van der Waals surface area contributed by atoms with Gasteiger partial charge in [-0.2, -0.15) is 0 Å². The molecule has 0 bridgehead atoms. The molecular weight excluding hydrogens is 378 g/mol. The summed E-state index contributed by atoms with van der Waals surface area (Å²) in [4.78, 5) is 32.4. The molecule has 1 fully saturated rings. The van der Waals surface area contributed by atoms with Gasteiger partial charge in [0.2, 0.25) is 5.91 Å². The molecule has 4 rings (SSSR count). The lowest BCUT2D eigenvalue weighted by atomic mass is 9.89. The third-order valence-electron chi connectivity index (χ3n) is 5.75. The summed E-state index contributed by atoms with van der Waals surface area (Å²) in [6.07, 6.45) is 7.74. The topological polar surface area (TPSA) is 64.0 Å². The first-order chi connectivity index (χ1) is 13.1. The van der Waals surface area contributed by atoms with Crippen molar-refractivity contribution in [3.05, 3.63) is 20.8 Å². The number of fused-ring (bicyclic) bond motifs is 3. The zero-order valence-corrected chi connectivity index (χ0v) is 17.7. The summed E-state index contributed by atoms with van der Waals surface area (Å²) in [5.41, 5.74) is 1.29. The van der Waals surface area contributed by atoms with Crippen molar-refractivity contribution in [3.63, 3.8) is 0 Å². The lowest BCUT2D eigenvalue weighted by Gasteiger charge is -2.17. The van der Waals surface area contributed by atoms with E-state index in [1.807, 2.05) is 6.92 Å². The predicted molar refractivity (Wildman–Crippen MR) is 112 cm³/mol. The molecule has 2 aromatic heterocycles. The zero-order valence-electron chi connectivity index (χ0n) is 16.0. The highest BCUT2D eigenvalue weighted by atomic mass is 32.2. The summed E-state index contributed by atoms with van der Waals surface area (Å²) in [6.45, 7) is 4.82. The number of aromatic nitrogens is 2. The number of carbonyl (C=O) groups excluding carboxylic acids is 1. The van der Waals surface area contributed by atoms with Crippen LogP contribution in [0.5, 0.6) is 0 Å². The number of hydrogen-bond acceptors (Lipinski definition) is 5. The second-order valence-electron chi connectivity index (χ2n) is 7.81. The summed E-state index contributed by atoms with van der Waals surface area (Å²) >= 11 is 3.06. The van der Waals surface area contributed by atoms with Crippen LogP contribution in [0.2, 0.25) is 0 Å². The highest BCUT2D eigenvalue weighted by Gasteiger charge is 2.25. The molecule has 0 unspecified atom stereocenters. The maximum Gasteiger partial charge on any atom is 0.263 e. The first-order valence-electron chi connectivity index (χ1n) is 10.0. The molecule has 1 amide bonds. The molecule has 2 aliphatic rings. The normalized spacial score (nSPS) is 20.1. The van der Waals surface area contributed by atoms with Crippen LogP contribution in [0.1, 0.15) is 56.4 Å². The van der Waals surface area contributed by atoms with E-state index in [2.05, 4.69) is 12.2 Å². The summed E-state index contributed by atoms with van der Waals surface area (Å²) in [5.74, 6) is 1.03. The largest absolute Gasteiger partial charge is 0.353 e. The van der Waals surface area contributed by atoms with Gasteiger partial charge in [-0.3, -0.25) is 14.2 Å². The lowest BCUT2D eigenvalue weighted by Crippen LogP contribution is -2.34. The van der Waals surface area contributed by atoms with Crippen LogP contribution < -0.4 is 10.9 Å². The van der Waals surface area contributed by atoms with E-state index in [1.54, 1.807) is 15.9 Å². The number of amides is 1. The molecule has 5 nitrogen and oxygen atoms in total. The zero-order chi connectivity index (χ0) is 19.0. The monoisotopic (exact) mass is 405 g/mol. The quantitative estimate of drug-likeness (QED) is 0.608. The van der Waals surface area contributed by atoms with E-state index in [0.717, 1.165) is 42.3 Å². The molecule has 1 N–H and O–H groups in total. The number of hydrogen-bond donors (Lipinski definition) is 1. The Labute approximate surface area is 167 Å². The molecule has 1 atom stereocenters. The van der Waals surface area contributed by atoms with Gasteiger partial charge >= 0.3 is 0 Å². The Morgan fingerprint density at radius 3 is 2.85 bits per heavy atom. The van der Waals surface area contributed by atoms with E-state index in [9.17, 15) is 9.59 Å². The van der Waals surface area contributed by atoms with Gasteiger partial charge in [0, 0.05) is 17.5 Å². The van der Waals surface area contributed by atoms with Gasteiger partial charge < -0.3 is 5.32 Å². The molecule has 0 aliphatic heterocycles. The third-order valence-corrected chi connectivity index (χ3v) is 7.87. The van der Waals surface area contributed by atoms with Crippen LogP contribution in [-0.2, 0) is 24.2 Å². The molecule has 2 aromatic rings. The van der Waals surface area contributed by atoms with Crippen molar-refractivity contribution < 1.29 is 4.79 Å². The number of rotatable bonds is 5. The van der Waals surface area contributed by atoms with Crippen LogP contribution >= 0.6 is 23.1 Å². The van der Waals surface area contributed by atoms with Crippen LogP contribution in [0.4, 0.5) is 0 Å². The Bertz CT molecular complexity index is 912. The number of aryl methyl sites for hydroxylation is 1. The maximum atomic E-state index is 13.1. The van der Waals surface area contributed by atoms with Gasteiger partial charge in [-0.25, -0.2) is 4.98 Å². The average Bonchev–Trinajstić information content (AvgIpc) is 3.26. The van der Waals surface area contributed by atoms with Gasteiger partial charge in [-0.15, -0.1) is 11.3 Å². The van der Waals surface area contributed by atoms with Gasteiger partial charge in [0.1, 0.15) is 4.83 Å². The molecule has 2 heterocycles. The Kier molecular flexibility index (Phi) is 5.60. The Morgan fingerprint density at radius 1 is 1.33 bits per heavy atom. The average molecular weight is 406 g/mol. The van der Waals surface area contributed by atoms with Crippen LogP contribution in [0, 0.1) is 5.92 Å². The van der Waals surface area contributed by atoms with Crippen LogP contribution in [0.15, 0.2) is 9.95 Å². The van der Waals surface area contributed by atoms with Gasteiger partial charge in [0.15, 0.2) is 5.16 Å². The lowest BCUT2D eigenvalue weighted by molar-refractivity contribution is -0.119. The summed E-state index contributed by atoms with van der Waals surface area (Å²) in [5, 5.41) is 4.60. The van der Waals surface area contributed by atoms with E-state index < -0.39 is 0 Å². The van der Waals surface area contributed by atoms with E-state index in [-0.39, 0.29) is 11.5 Å². The highest BCUT2D eigenvalue weighted by molar-refractivity contribution is 7.99. The second-order valence-corrected chi connectivity index (χ2v) is 9.84. The number of thioether (sulfide) groups is 1. The fourth-order valence-corrected chi connectivity index (χ4v) is 6.56. The van der Waals surface area contributed by atoms with Crippen LogP contribution in [0.25, 0.3) is 10.2 Å². The van der Waals surface area contributed by atoms with E-state index in [0.29, 0.717) is 29.4 Å². The highest BCUT2D eigenvalue weighted by Crippen LogP contribution is 2.36. The van der Waals surface area contributed by atoms with Crippen molar-refractivity contribution in [1.82, 2.24) is 14.9 Å². The minimum absolute atomic E-state index is 0.0446. The molecule has 2 aliphatic carbocycles. The standard InChI is InChI=1S/C20H27N3O2S2/c1-3-23-19(25)17-14-9-8-12(2)10-15(14)27-18(17)22-20(23)26-11-16(24)21-13-6-4-5-7-13/h12-13H,3-11H2,1-2H3,(H,21,24)/t12-/m0/s1. The molecule has 146 valence electrons. The Hall–Kier alpha value is -1.34. The van der Waals surface area contributed by atoms with Crippen molar-refractivity contribution in [2.24, 2.45) is 5.92 Å². The van der Waals surface area contributed by atoms with Gasteiger partial charge in [-0.1, -0.05) is 31.5 Å². The van der Waals surface area contributed by atoms with Gasteiger partial charge in [0.25, 0.3) is 5.56 Å². The van der Waals surface area contributed by atoms with E-state index >= 15 is 0 Å². The third kappa shape index (κ3) is 3.81. The fourth-order valence-electron chi connectivity index (χ4n) is 4.26. The maximum absolute atomic E-state index is 13.1. The minimum Gasteiger partial charge on any atom is -0.353 e.